The van der Waals surface area contributed by atoms with Crippen molar-refractivity contribution in [3.8, 4) is 0 Å². The van der Waals surface area contributed by atoms with Crippen LogP contribution in [0.5, 0.6) is 0 Å². The number of aliphatic imine (C=N–C) groups is 1. The van der Waals surface area contributed by atoms with E-state index in [1.807, 2.05) is 0 Å². The summed E-state index contributed by atoms with van der Waals surface area (Å²) in [4.78, 5) is 28.1. The van der Waals surface area contributed by atoms with Crippen LogP contribution in [0.15, 0.2) is 57.0 Å². The first-order valence-electron chi connectivity index (χ1n) is 6.25. The highest BCUT2D eigenvalue weighted by molar-refractivity contribution is 8.18. The number of amidine groups is 1. The molecule has 0 spiro atoms. The molecular weight excluding hydrogens is 324 g/mol. The Balaban J connectivity index is 1.77. The van der Waals surface area contributed by atoms with Crippen LogP contribution in [0.3, 0.4) is 0 Å². The number of furan rings is 1. The fourth-order valence-electron chi connectivity index (χ4n) is 1.73. The van der Waals surface area contributed by atoms with Crippen molar-refractivity contribution in [1.29, 1.82) is 0 Å². The van der Waals surface area contributed by atoms with Gasteiger partial charge in [0.05, 0.1) is 11.2 Å². The highest BCUT2D eigenvalue weighted by Gasteiger charge is 2.25. The Morgan fingerprint density at radius 2 is 2.05 bits per heavy atom. The first kappa shape index (κ1) is 14.6. The Morgan fingerprint density at radius 3 is 2.73 bits per heavy atom. The van der Waals surface area contributed by atoms with Gasteiger partial charge in [-0.1, -0.05) is 11.6 Å². The maximum absolute atomic E-state index is 12.0. The molecule has 1 aliphatic heterocycles. The lowest BCUT2D eigenvalue weighted by molar-refractivity contribution is -0.115. The van der Waals surface area contributed by atoms with E-state index < -0.39 is 5.91 Å². The van der Waals surface area contributed by atoms with Gasteiger partial charge in [-0.05, 0) is 48.2 Å². The summed E-state index contributed by atoms with van der Waals surface area (Å²) in [6.45, 7) is 0. The third-order valence-electron chi connectivity index (χ3n) is 2.76. The lowest BCUT2D eigenvalue weighted by atomic mass is 10.2. The molecule has 3 rings (SSSR count). The molecule has 0 atom stereocenters. The van der Waals surface area contributed by atoms with Gasteiger partial charge in [0.2, 0.25) is 0 Å². The van der Waals surface area contributed by atoms with Gasteiger partial charge in [-0.2, -0.15) is 4.99 Å². The summed E-state index contributed by atoms with van der Waals surface area (Å²) in [5, 5.41) is 3.32. The van der Waals surface area contributed by atoms with Crippen LogP contribution in [-0.2, 0) is 4.79 Å². The van der Waals surface area contributed by atoms with Gasteiger partial charge < -0.3 is 9.73 Å². The van der Waals surface area contributed by atoms with Gasteiger partial charge in [-0.3, -0.25) is 9.59 Å². The Labute approximate surface area is 135 Å². The van der Waals surface area contributed by atoms with Crippen molar-refractivity contribution in [2.45, 2.75) is 0 Å². The number of thioether (sulfide) groups is 1. The molecule has 0 aliphatic carbocycles. The van der Waals surface area contributed by atoms with Gasteiger partial charge in [-0.25, -0.2) is 0 Å². The van der Waals surface area contributed by atoms with Crippen LogP contribution in [0, 0.1) is 0 Å². The molecule has 0 unspecified atom stereocenters. The molecule has 0 saturated carbocycles. The predicted molar refractivity (Wildman–Crippen MR) is 85.6 cm³/mol. The van der Waals surface area contributed by atoms with Gasteiger partial charge in [0, 0.05) is 16.7 Å². The largest absolute Gasteiger partial charge is 0.465 e. The number of carbonyl (C=O) groups excluding carboxylic acids is 2. The number of halogens is 1. The number of nitrogens with zero attached hydrogens (tertiary/aromatic N) is 1. The maximum Gasteiger partial charge on any atom is 0.279 e. The van der Waals surface area contributed by atoms with E-state index in [4.69, 9.17) is 16.0 Å². The Kier molecular flexibility index (Phi) is 4.13. The fourth-order valence-corrected chi connectivity index (χ4v) is 2.66. The second-order valence-electron chi connectivity index (χ2n) is 4.31. The van der Waals surface area contributed by atoms with Gasteiger partial charge in [0.25, 0.3) is 11.8 Å². The van der Waals surface area contributed by atoms with Crippen molar-refractivity contribution in [2.75, 3.05) is 0 Å². The van der Waals surface area contributed by atoms with Crippen LogP contribution in [-0.4, -0.2) is 17.0 Å². The molecule has 2 aromatic rings. The topological polar surface area (TPSA) is 71.7 Å². The molecule has 5 nitrogen and oxygen atoms in total. The Hall–Kier alpha value is -2.31. The zero-order chi connectivity index (χ0) is 15.5. The van der Waals surface area contributed by atoms with E-state index >= 15 is 0 Å². The third kappa shape index (κ3) is 3.29. The molecule has 7 heteroatoms. The first-order chi connectivity index (χ1) is 10.6. The second kappa shape index (κ2) is 6.21. The molecule has 22 heavy (non-hydrogen) atoms. The summed E-state index contributed by atoms with van der Waals surface area (Å²) in [5.41, 5.74) is 0.398. The van der Waals surface area contributed by atoms with E-state index in [0.29, 0.717) is 21.3 Å². The second-order valence-corrected chi connectivity index (χ2v) is 5.78. The highest BCUT2D eigenvalue weighted by atomic mass is 35.5. The fraction of sp³-hybridized carbons (Fsp3) is 0. The zero-order valence-electron chi connectivity index (χ0n) is 11.1. The van der Waals surface area contributed by atoms with Crippen LogP contribution in [0.4, 0.5) is 0 Å². The Morgan fingerprint density at radius 1 is 1.27 bits per heavy atom. The number of carbonyl (C=O) groups is 2. The lowest BCUT2D eigenvalue weighted by Gasteiger charge is -1.97. The van der Waals surface area contributed by atoms with Crippen LogP contribution in [0.1, 0.15) is 16.1 Å². The van der Waals surface area contributed by atoms with E-state index in [1.54, 1.807) is 42.5 Å². The molecule has 0 bridgehead atoms. The monoisotopic (exact) mass is 332 g/mol. The zero-order valence-corrected chi connectivity index (χ0v) is 12.6. The van der Waals surface area contributed by atoms with E-state index in [2.05, 4.69) is 10.3 Å². The minimum atomic E-state index is -0.446. The number of amides is 2. The summed E-state index contributed by atoms with van der Waals surface area (Å²) in [5.74, 6) is -0.203. The highest BCUT2D eigenvalue weighted by Crippen LogP contribution is 2.26. The van der Waals surface area contributed by atoms with E-state index in [-0.39, 0.29) is 11.1 Å². The number of benzene rings is 1. The number of hydrogen-bond donors (Lipinski definition) is 1. The molecule has 2 heterocycles. The van der Waals surface area contributed by atoms with Gasteiger partial charge >= 0.3 is 0 Å². The van der Waals surface area contributed by atoms with Gasteiger partial charge in [0.1, 0.15) is 5.76 Å². The average Bonchev–Trinajstić information content (AvgIpc) is 3.11. The third-order valence-corrected chi connectivity index (χ3v) is 3.92. The van der Waals surface area contributed by atoms with Gasteiger partial charge in [-0.15, -0.1) is 0 Å². The molecule has 110 valence electrons. The van der Waals surface area contributed by atoms with Crippen molar-refractivity contribution in [1.82, 2.24) is 5.32 Å². The molecule has 0 radical (unpaired) electrons. The molecule has 1 aliphatic rings. The number of nitrogens with one attached hydrogen (secondary N) is 1. The molecular formula is C15H9ClN2O3S. The molecule has 1 aromatic carbocycles. The molecule has 2 amide bonds. The van der Waals surface area contributed by atoms with Crippen LogP contribution in [0.2, 0.25) is 5.02 Å². The SMILES string of the molecule is O=C1NC(=NC(=O)c2ccc(Cl)cc2)S/C1=C\c1ccco1. The van der Waals surface area contributed by atoms with Crippen molar-refractivity contribution in [3.63, 3.8) is 0 Å². The van der Waals surface area contributed by atoms with Crippen molar-refractivity contribution in [3.05, 3.63) is 63.9 Å². The normalized spacial score (nSPS) is 18.0. The summed E-state index contributed by atoms with van der Waals surface area (Å²) < 4.78 is 5.15. The Bertz CT molecular complexity index is 780. The molecule has 1 aromatic heterocycles. The summed E-state index contributed by atoms with van der Waals surface area (Å²) in [7, 11) is 0. The molecule has 1 saturated heterocycles. The van der Waals surface area contributed by atoms with Crippen LogP contribution in [0.25, 0.3) is 6.08 Å². The van der Waals surface area contributed by atoms with Crippen LogP contribution < -0.4 is 5.32 Å². The van der Waals surface area contributed by atoms with E-state index in [1.165, 1.54) is 6.26 Å². The molecule has 1 N–H and O–H groups in total. The summed E-state index contributed by atoms with van der Waals surface area (Å²) >= 11 is 6.85. The van der Waals surface area contributed by atoms with Crippen LogP contribution >= 0.6 is 23.4 Å². The van der Waals surface area contributed by atoms with Crippen molar-refractivity contribution < 1.29 is 14.0 Å². The minimum absolute atomic E-state index is 0.239. The number of hydrogen-bond acceptors (Lipinski definition) is 4. The molecule has 1 fully saturated rings. The van der Waals surface area contributed by atoms with Crippen molar-refractivity contribution >= 4 is 46.4 Å². The summed E-state index contributed by atoms with van der Waals surface area (Å²) in [6.07, 6.45) is 3.11. The van der Waals surface area contributed by atoms with E-state index in [0.717, 1.165) is 11.8 Å². The average molecular weight is 333 g/mol. The van der Waals surface area contributed by atoms with Gasteiger partial charge in [0.15, 0.2) is 5.17 Å². The standard InChI is InChI=1S/C15H9ClN2O3S/c16-10-5-3-9(4-6-10)13(19)17-15-18-14(20)12(22-15)8-11-2-1-7-21-11/h1-8H,(H,17,18,19,20)/b12-8-. The maximum atomic E-state index is 12.0. The lowest BCUT2D eigenvalue weighted by Crippen LogP contribution is -2.20. The smallest absolute Gasteiger partial charge is 0.279 e. The minimum Gasteiger partial charge on any atom is -0.465 e. The van der Waals surface area contributed by atoms with E-state index in [9.17, 15) is 9.59 Å². The predicted octanol–water partition coefficient (Wildman–Crippen LogP) is 3.33. The summed E-state index contributed by atoms with van der Waals surface area (Å²) in [6, 6.07) is 9.83. The first-order valence-corrected chi connectivity index (χ1v) is 7.44. The van der Waals surface area contributed by atoms with Crippen molar-refractivity contribution in [2.24, 2.45) is 4.99 Å². The number of rotatable bonds is 2. The quantitative estimate of drug-likeness (QED) is 0.856.